The molecule has 0 aromatic carbocycles. The Balaban J connectivity index is 2.15. The number of aryl methyl sites for hydroxylation is 1. The molecule has 0 atom stereocenters. The van der Waals surface area contributed by atoms with E-state index in [0.717, 1.165) is 24.1 Å². The molecule has 0 unspecified atom stereocenters. The lowest BCUT2D eigenvalue weighted by molar-refractivity contribution is -0.170. The van der Waals surface area contributed by atoms with Gasteiger partial charge in [0.2, 0.25) is 5.78 Å². The van der Waals surface area contributed by atoms with E-state index in [2.05, 4.69) is 10.2 Å². The number of Topliss-reactive ketones (excluding diaryl/α,β-unsaturated/α-hetero) is 1. The van der Waals surface area contributed by atoms with Crippen LogP contribution in [0.1, 0.15) is 23.4 Å². The molecule has 0 fully saturated rings. The van der Waals surface area contributed by atoms with E-state index in [1.54, 1.807) is 0 Å². The van der Waals surface area contributed by atoms with Crippen LogP contribution >= 0.6 is 0 Å². The van der Waals surface area contributed by atoms with Crippen LogP contribution in [-0.4, -0.2) is 22.2 Å². The van der Waals surface area contributed by atoms with Gasteiger partial charge in [-0.3, -0.25) is 9.89 Å². The molecule has 82 valence electrons. The summed E-state index contributed by atoms with van der Waals surface area (Å²) in [5, 5.41) is 6.42. The third kappa shape index (κ3) is 1.88. The van der Waals surface area contributed by atoms with Crippen molar-refractivity contribution in [3.05, 3.63) is 17.0 Å². The average Bonchev–Trinajstić information content (AvgIpc) is 2.67. The summed E-state index contributed by atoms with van der Waals surface area (Å²) < 4.78 is 36.0. The van der Waals surface area contributed by atoms with E-state index in [1.165, 1.54) is 0 Å². The van der Waals surface area contributed by atoms with E-state index in [0.29, 0.717) is 6.42 Å². The maximum absolute atomic E-state index is 12.0. The highest BCUT2D eigenvalue weighted by Crippen LogP contribution is 2.25. The van der Waals surface area contributed by atoms with Crippen LogP contribution in [0.5, 0.6) is 0 Å². The van der Waals surface area contributed by atoms with Crippen LogP contribution in [0.3, 0.4) is 0 Å². The average molecular weight is 218 g/mol. The number of nitrogens with one attached hydrogen (secondary N) is 1. The highest BCUT2D eigenvalue weighted by molar-refractivity contribution is 5.86. The minimum absolute atomic E-state index is 0.254. The Morgan fingerprint density at radius 1 is 1.40 bits per heavy atom. The number of hydrogen-bond donors (Lipinski definition) is 1. The van der Waals surface area contributed by atoms with E-state index >= 15 is 0 Å². The third-order valence-corrected chi connectivity index (χ3v) is 2.54. The number of fused-ring (bicyclic) bond motifs is 1. The van der Waals surface area contributed by atoms with Crippen molar-refractivity contribution < 1.29 is 18.0 Å². The van der Waals surface area contributed by atoms with Crippen molar-refractivity contribution >= 4 is 5.78 Å². The number of aromatic amines is 1. The first-order chi connectivity index (χ1) is 6.98. The fourth-order valence-electron chi connectivity index (χ4n) is 1.79. The van der Waals surface area contributed by atoms with Crippen molar-refractivity contribution in [2.45, 2.75) is 31.9 Å². The maximum atomic E-state index is 12.0. The molecule has 1 aromatic heterocycles. The first-order valence-corrected chi connectivity index (χ1v) is 4.63. The van der Waals surface area contributed by atoms with Crippen LogP contribution in [0.4, 0.5) is 13.2 Å². The van der Waals surface area contributed by atoms with Gasteiger partial charge in [-0.2, -0.15) is 18.3 Å². The summed E-state index contributed by atoms with van der Waals surface area (Å²) >= 11 is 0. The molecule has 0 saturated heterocycles. The molecular weight excluding hydrogens is 209 g/mol. The van der Waals surface area contributed by atoms with Crippen molar-refractivity contribution in [3.8, 4) is 0 Å². The predicted octanol–water partition coefficient (Wildman–Crippen LogP) is 1.57. The third-order valence-electron chi connectivity index (χ3n) is 2.54. The van der Waals surface area contributed by atoms with E-state index in [9.17, 15) is 18.0 Å². The molecule has 1 aliphatic rings. The molecule has 6 heteroatoms. The molecule has 0 amide bonds. The van der Waals surface area contributed by atoms with Gasteiger partial charge in [0.25, 0.3) is 0 Å². The topological polar surface area (TPSA) is 45.8 Å². The maximum Gasteiger partial charge on any atom is 0.450 e. The summed E-state index contributed by atoms with van der Waals surface area (Å²) in [5.41, 5.74) is 1.93. The summed E-state index contributed by atoms with van der Waals surface area (Å²) in [6.45, 7) is 0. The number of nitrogens with zero attached hydrogens (tertiary/aromatic N) is 1. The van der Waals surface area contributed by atoms with Gasteiger partial charge in [-0.1, -0.05) is 0 Å². The number of H-pyrrole nitrogens is 1. The molecule has 1 aromatic rings. The van der Waals surface area contributed by atoms with Crippen molar-refractivity contribution in [3.63, 3.8) is 0 Å². The predicted molar refractivity (Wildman–Crippen MR) is 45.4 cm³/mol. The molecular formula is C9H9F3N2O. The Kier molecular flexibility index (Phi) is 2.28. The standard InChI is InChI=1S/C9H9F3N2O/c10-9(11,12)8(15)4-7-5-2-1-3-6(5)13-14-7/h1-4H2,(H,13,14). The minimum Gasteiger partial charge on any atom is -0.289 e. The number of ketones is 1. The van der Waals surface area contributed by atoms with E-state index in [1.807, 2.05) is 0 Å². The van der Waals surface area contributed by atoms with Gasteiger partial charge in [0.15, 0.2) is 0 Å². The zero-order valence-electron chi connectivity index (χ0n) is 7.82. The molecule has 3 nitrogen and oxygen atoms in total. The van der Waals surface area contributed by atoms with Gasteiger partial charge in [-0.15, -0.1) is 0 Å². The normalized spacial score (nSPS) is 15.4. The second kappa shape index (κ2) is 3.36. The zero-order chi connectivity index (χ0) is 11.1. The summed E-state index contributed by atoms with van der Waals surface area (Å²) in [4.78, 5) is 10.8. The molecule has 0 saturated carbocycles. The van der Waals surface area contributed by atoms with Gasteiger partial charge in [0.05, 0.1) is 12.1 Å². The number of halogens is 3. The SMILES string of the molecule is O=C(Cc1n[nH]c2c1CCC2)C(F)(F)F. The largest absolute Gasteiger partial charge is 0.450 e. The molecule has 0 bridgehead atoms. The summed E-state index contributed by atoms with van der Waals surface area (Å²) in [6, 6.07) is 0. The van der Waals surface area contributed by atoms with Crippen LogP contribution < -0.4 is 0 Å². The second-order valence-corrected chi connectivity index (χ2v) is 3.58. The number of hydrogen-bond acceptors (Lipinski definition) is 2. The highest BCUT2D eigenvalue weighted by Gasteiger charge is 2.39. The van der Waals surface area contributed by atoms with Gasteiger partial charge in [0, 0.05) is 5.69 Å². The molecule has 1 heterocycles. The van der Waals surface area contributed by atoms with Crippen LogP contribution in [-0.2, 0) is 24.1 Å². The smallest absolute Gasteiger partial charge is 0.289 e. The second-order valence-electron chi connectivity index (χ2n) is 3.58. The van der Waals surface area contributed by atoms with Crippen molar-refractivity contribution in [2.24, 2.45) is 0 Å². The minimum atomic E-state index is -4.76. The van der Waals surface area contributed by atoms with Gasteiger partial charge in [-0.05, 0) is 24.8 Å². The van der Waals surface area contributed by atoms with Gasteiger partial charge < -0.3 is 0 Å². The molecule has 2 rings (SSSR count). The van der Waals surface area contributed by atoms with Crippen molar-refractivity contribution in [2.75, 3.05) is 0 Å². The lowest BCUT2D eigenvalue weighted by Gasteiger charge is -2.03. The lowest BCUT2D eigenvalue weighted by atomic mass is 10.1. The number of alkyl halides is 3. The number of rotatable bonds is 2. The van der Waals surface area contributed by atoms with Crippen molar-refractivity contribution in [1.82, 2.24) is 10.2 Å². The summed E-state index contributed by atoms with van der Waals surface area (Å²) in [6.07, 6.45) is -2.97. The first-order valence-electron chi connectivity index (χ1n) is 4.63. The van der Waals surface area contributed by atoms with Crippen LogP contribution in [0, 0.1) is 0 Å². The van der Waals surface area contributed by atoms with Crippen LogP contribution in [0.2, 0.25) is 0 Å². The monoisotopic (exact) mass is 218 g/mol. The molecule has 1 aliphatic carbocycles. The Bertz CT molecular complexity index is 395. The molecule has 0 aliphatic heterocycles. The Morgan fingerprint density at radius 3 is 2.80 bits per heavy atom. The van der Waals surface area contributed by atoms with Crippen LogP contribution in [0.25, 0.3) is 0 Å². The summed E-state index contributed by atoms with van der Waals surface area (Å²) in [5.74, 6) is -1.73. The Morgan fingerprint density at radius 2 is 2.13 bits per heavy atom. The summed E-state index contributed by atoms with van der Waals surface area (Å²) in [7, 11) is 0. The zero-order valence-corrected chi connectivity index (χ0v) is 7.82. The van der Waals surface area contributed by atoms with Crippen molar-refractivity contribution in [1.29, 1.82) is 0 Å². The van der Waals surface area contributed by atoms with Gasteiger partial charge in [0.1, 0.15) is 0 Å². The van der Waals surface area contributed by atoms with E-state index in [4.69, 9.17) is 0 Å². The lowest BCUT2D eigenvalue weighted by Crippen LogP contribution is -2.25. The molecule has 15 heavy (non-hydrogen) atoms. The fourth-order valence-corrected chi connectivity index (χ4v) is 1.79. The number of carbonyl (C=O) groups excluding carboxylic acids is 1. The fraction of sp³-hybridized carbons (Fsp3) is 0.556. The Hall–Kier alpha value is -1.33. The first kappa shape index (κ1) is 10.2. The molecule has 1 N–H and O–H groups in total. The highest BCUT2D eigenvalue weighted by atomic mass is 19.4. The molecule has 0 spiro atoms. The number of aromatic nitrogens is 2. The number of carbonyl (C=O) groups is 1. The van der Waals surface area contributed by atoms with Crippen LogP contribution in [0.15, 0.2) is 0 Å². The Labute approximate surface area is 83.7 Å². The van der Waals surface area contributed by atoms with E-state index < -0.39 is 18.4 Å². The van der Waals surface area contributed by atoms with Gasteiger partial charge >= 0.3 is 6.18 Å². The van der Waals surface area contributed by atoms with Gasteiger partial charge in [-0.25, -0.2) is 0 Å². The van der Waals surface area contributed by atoms with E-state index in [-0.39, 0.29) is 5.69 Å². The quantitative estimate of drug-likeness (QED) is 0.818. The molecule has 0 radical (unpaired) electrons.